The minimum absolute atomic E-state index is 0.201. The number of aliphatic hydroxyl groups excluding tert-OH is 1. The van der Waals surface area contributed by atoms with E-state index in [0.717, 1.165) is 36.0 Å². The Labute approximate surface area is 135 Å². The highest BCUT2D eigenvalue weighted by atomic mass is 79.9. The van der Waals surface area contributed by atoms with E-state index < -0.39 is 0 Å². The van der Waals surface area contributed by atoms with Gasteiger partial charge >= 0.3 is 0 Å². The summed E-state index contributed by atoms with van der Waals surface area (Å²) >= 11 is 3.45. The number of aliphatic hydroxyl groups is 1. The maximum absolute atomic E-state index is 9.69. The molecule has 1 heterocycles. The summed E-state index contributed by atoms with van der Waals surface area (Å²) in [5, 5.41) is 14.3. The Balaban J connectivity index is 2.08. The number of hydrogen-bond acceptors (Lipinski definition) is 2. The van der Waals surface area contributed by atoms with Gasteiger partial charge in [-0.05, 0) is 55.9 Å². The summed E-state index contributed by atoms with van der Waals surface area (Å²) in [5.41, 5.74) is 3.62. The average Bonchev–Trinajstić information content (AvgIpc) is 2.91. The Hall–Kier alpha value is -1.13. The summed E-state index contributed by atoms with van der Waals surface area (Å²) in [4.78, 5) is 0. The molecule has 0 bridgehead atoms. The number of aromatic nitrogens is 2. The monoisotopic (exact) mass is 350 g/mol. The van der Waals surface area contributed by atoms with E-state index in [0.29, 0.717) is 0 Å². The van der Waals surface area contributed by atoms with Gasteiger partial charge in [-0.2, -0.15) is 5.10 Å². The Kier molecular flexibility index (Phi) is 6.00. The van der Waals surface area contributed by atoms with Crippen molar-refractivity contribution in [3.63, 3.8) is 0 Å². The molecule has 0 spiro atoms. The van der Waals surface area contributed by atoms with E-state index in [4.69, 9.17) is 0 Å². The first-order valence-corrected chi connectivity index (χ1v) is 8.36. The molecule has 1 unspecified atom stereocenters. The smallest absolute Gasteiger partial charge is 0.0624 e. The Morgan fingerprint density at radius 1 is 1.19 bits per heavy atom. The molecule has 1 aromatic carbocycles. The summed E-state index contributed by atoms with van der Waals surface area (Å²) in [6.07, 6.45) is 2.71. The molecule has 0 aliphatic rings. The lowest BCUT2D eigenvalue weighted by Gasteiger charge is -2.15. The number of benzene rings is 1. The maximum atomic E-state index is 9.69. The molecule has 2 aromatic rings. The van der Waals surface area contributed by atoms with Crippen LogP contribution in [-0.4, -0.2) is 21.5 Å². The lowest BCUT2D eigenvalue weighted by Crippen LogP contribution is -2.15. The maximum Gasteiger partial charge on any atom is 0.0624 e. The van der Waals surface area contributed by atoms with Crippen molar-refractivity contribution in [3.8, 4) is 0 Å². The highest BCUT2D eigenvalue weighted by Crippen LogP contribution is 2.18. The van der Waals surface area contributed by atoms with E-state index in [1.54, 1.807) is 0 Å². The predicted octanol–water partition coefficient (Wildman–Crippen LogP) is 3.62. The number of rotatable bonds is 7. The minimum atomic E-state index is 0.201. The fourth-order valence-electron chi connectivity index (χ4n) is 2.58. The quantitative estimate of drug-likeness (QED) is 0.827. The van der Waals surface area contributed by atoms with E-state index in [9.17, 15) is 5.11 Å². The van der Waals surface area contributed by atoms with Crippen LogP contribution in [0.25, 0.3) is 0 Å². The average molecular weight is 351 g/mol. The Morgan fingerprint density at radius 3 is 2.48 bits per heavy atom. The molecule has 1 aromatic heterocycles. The summed E-state index contributed by atoms with van der Waals surface area (Å²) in [6, 6.07) is 10.5. The van der Waals surface area contributed by atoms with Crippen LogP contribution in [0.15, 0.2) is 34.8 Å². The van der Waals surface area contributed by atoms with Gasteiger partial charge in [-0.3, -0.25) is 4.68 Å². The molecule has 1 N–H and O–H groups in total. The van der Waals surface area contributed by atoms with Gasteiger partial charge in [0, 0.05) is 23.3 Å². The topological polar surface area (TPSA) is 38.0 Å². The van der Waals surface area contributed by atoms with Crippen LogP contribution in [0.5, 0.6) is 0 Å². The normalized spacial score (nSPS) is 12.6. The van der Waals surface area contributed by atoms with Crippen LogP contribution >= 0.6 is 15.9 Å². The number of hydrogen-bond donors (Lipinski definition) is 1. The van der Waals surface area contributed by atoms with Crippen molar-refractivity contribution in [1.82, 2.24) is 9.78 Å². The second-order valence-corrected chi connectivity index (χ2v) is 6.30. The lowest BCUT2D eigenvalue weighted by molar-refractivity contribution is 0.223. The SMILES string of the molecule is CCc1cc(CC(CO)Cc2ccc(Br)cc2)n(CC)n1. The zero-order valence-electron chi connectivity index (χ0n) is 12.7. The third-order valence-corrected chi connectivity index (χ3v) is 4.30. The van der Waals surface area contributed by atoms with Gasteiger partial charge in [0.25, 0.3) is 0 Å². The standard InChI is InChI=1S/C17H23BrN2O/c1-3-16-11-17(20(4-2)19-16)10-14(12-21)9-13-5-7-15(18)8-6-13/h5-8,11,14,21H,3-4,9-10,12H2,1-2H3. The first-order chi connectivity index (χ1) is 10.2. The zero-order chi connectivity index (χ0) is 15.2. The Bertz CT molecular complexity index is 563. The van der Waals surface area contributed by atoms with Gasteiger partial charge in [-0.15, -0.1) is 0 Å². The second kappa shape index (κ2) is 7.76. The van der Waals surface area contributed by atoms with Gasteiger partial charge in [0.2, 0.25) is 0 Å². The first kappa shape index (κ1) is 16.2. The number of halogens is 1. The van der Waals surface area contributed by atoms with Crippen molar-refractivity contribution >= 4 is 15.9 Å². The third kappa shape index (κ3) is 4.42. The summed E-state index contributed by atoms with van der Waals surface area (Å²) in [7, 11) is 0. The van der Waals surface area contributed by atoms with Gasteiger partial charge in [0.05, 0.1) is 5.69 Å². The molecule has 0 aliphatic heterocycles. The molecule has 0 saturated heterocycles. The van der Waals surface area contributed by atoms with Crippen molar-refractivity contribution in [1.29, 1.82) is 0 Å². The second-order valence-electron chi connectivity index (χ2n) is 5.38. The first-order valence-electron chi connectivity index (χ1n) is 7.57. The van der Waals surface area contributed by atoms with Crippen LogP contribution in [0.3, 0.4) is 0 Å². The molecule has 0 fully saturated rings. The lowest BCUT2D eigenvalue weighted by atomic mass is 9.95. The van der Waals surface area contributed by atoms with Gasteiger partial charge in [0.15, 0.2) is 0 Å². The van der Waals surface area contributed by atoms with E-state index in [1.807, 2.05) is 0 Å². The molecule has 0 amide bonds. The molecule has 1 atom stereocenters. The third-order valence-electron chi connectivity index (χ3n) is 3.77. The van der Waals surface area contributed by atoms with Crippen LogP contribution in [0, 0.1) is 5.92 Å². The molecule has 114 valence electrons. The highest BCUT2D eigenvalue weighted by molar-refractivity contribution is 9.10. The van der Waals surface area contributed by atoms with Gasteiger partial charge < -0.3 is 5.11 Å². The van der Waals surface area contributed by atoms with E-state index in [-0.39, 0.29) is 12.5 Å². The van der Waals surface area contributed by atoms with Crippen LogP contribution in [0.2, 0.25) is 0 Å². The molecular weight excluding hydrogens is 328 g/mol. The Morgan fingerprint density at radius 2 is 1.90 bits per heavy atom. The molecule has 0 saturated carbocycles. The van der Waals surface area contributed by atoms with Crippen molar-refractivity contribution in [3.05, 3.63) is 51.8 Å². The largest absolute Gasteiger partial charge is 0.396 e. The number of aryl methyl sites for hydroxylation is 2. The molecule has 4 heteroatoms. The fourth-order valence-corrected chi connectivity index (χ4v) is 2.84. The van der Waals surface area contributed by atoms with E-state index in [2.05, 4.69) is 69.9 Å². The zero-order valence-corrected chi connectivity index (χ0v) is 14.3. The fraction of sp³-hybridized carbons (Fsp3) is 0.471. The van der Waals surface area contributed by atoms with Crippen LogP contribution in [0.4, 0.5) is 0 Å². The molecule has 2 rings (SSSR count). The number of nitrogens with zero attached hydrogens (tertiary/aromatic N) is 2. The summed E-state index contributed by atoms with van der Waals surface area (Å²) in [5.74, 6) is 0.234. The van der Waals surface area contributed by atoms with E-state index >= 15 is 0 Å². The highest BCUT2D eigenvalue weighted by Gasteiger charge is 2.14. The van der Waals surface area contributed by atoms with Crippen LogP contribution in [-0.2, 0) is 25.8 Å². The van der Waals surface area contributed by atoms with Crippen LogP contribution < -0.4 is 0 Å². The van der Waals surface area contributed by atoms with Gasteiger partial charge in [-0.1, -0.05) is 35.0 Å². The van der Waals surface area contributed by atoms with Crippen LogP contribution in [0.1, 0.15) is 30.8 Å². The van der Waals surface area contributed by atoms with Crippen molar-refractivity contribution in [2.24, 2.45) is 5.92 Å². The summed E-state index contributed by atoms with van der Waals surface area (Å²) in [6.45, 7) is 5.31. The summed E-state index contributed by atoms with van der Waals surface area (Å²) < 4.78 is 3.15. The van der Waals surface area contributed by atoms with Gasteiger partial charge in [0.1, 0.15) is 0 Å². The molecule has 21 heavy (non-hydrogen) atoms. The minimum Gasteiger partial charge on any atom is -0.396 e. The van der Waals surface area contributed by atoms with Crippen molar-refractivity contribution < 1.29 is 5.11 Å². The van der Waals surface area contributed by atoms with Gasteiger partial charge in [-0.25, -0.2) is 0 Å². The molecular formula is C17H23BrN2O. The van der Waals surface area contributed by atoms with Crippen molar-refractivity contribution in [2.45, 2.75) is 39.7 Å². The predicted molar refractivity (Wildman–Crippen MR) is 89.4 cm³/mol. The molecule has 3 nitrogen and oxygen atoms in total. The molecule has 0 aliphatic carbocycles. The van der Waals surface area contributed by atoms with E-state index in [1.165, 1.54) is 11.3 Å². The molecule has 0 radical (unpaired) electrons. The van der Waals surface area contributed by atoms with Crippen molar-refractivity contribution in [2.75, 3.05) is 6.61 Å².